The van der Waals surface area contributed by atoms with Crippen LogP contribution in [0.2, 0.25) is 0 Å². The van der Waals surface area contributed by atoms with Crippen LogP contribution in [-0.2, 0) is 0 Å². The van der Waals surface area contributed by atoms with Gasteiger partial charge in [0, 0.05) is 24.2 Å². The second kappa shape index (κ2) is 5.41. The van der Waals surface area contributed by atoms with Crippen molar-refractivity contribution < 1.29 is 4.39 Å². The van der Waals surface area contributed by atoms with Crippen LogP contribution in [0.4, 0.5) is 4.39 Å². The Hall–Kier alpha value is -0.930. The van der Waals surface area contributed by atoms with Gasteiger partial charge in [-0.1, -0.05) is 18.2 Å². The summed E-state index contributed by atoms with van der Waals surface area (Å²) in [6, 6.07) is 7.52. The fraction of sp³-hybridized carbons (Fsp3) is 0.538. The summed E-state index contributed by atoms with van der Waals surface area (Å²) in [5.74, 6) is -0.119. The van der Waals surface area contributed by atoms with Crippen molar-refractivity contribution in [1.82, 2.24) is 10.6 Å². The number of nitrogens with one attached hydrogen (secondary N) is 2. The van der Waals surface area contributed by atoms with Crippen LogP contribution in [0.25, 0.3) is 0 Å². The van der Waals surface area contributed by atoms with Crippen LogP contribution in [0.3, 0.4) is 0 Å². The maximum atomic E-state index is 13.5. The molecule has 0 bridgehead atoms. The molecule has 3 heteroatoms. The molecule has 88 valence electrons. The number of rotatable bonds is 3. The number of hydrogen-bond donors (Lipinski definition) is 2. The van der Waals surface area contributed by atoms with Crippen molar-refractivity contribution in [3.05, 3.63) is 35.6 Å². The Kier molecular flexibility index (Phi) is 3.91. The lowest BCUT2D eigenvalue weighted by Crippen LogP contribution is -2.44. The van der Waals surface area contributed by atoms with Crippen molar-refractivity contribution in [3.8, 4) is 0 Å². The molecule has 1 fully saturated rings. The zero-order valence-corrected chi connectivity index (χ0v) is 9.67. The third kappa shape index (κ3) is 2.80. The molecule has 2 N–H and O–H groups in total. The van der Waals surface area contributed by atoms with E-state index >= 15 is 0 Å². The first-order valence-electron chi connectivity index (χ1n) is 5.98. The summed E-state index contributed by atoms with van der Waals surface area (Å²) in [5.41, 5.74) is 0.757. The molecule has 0 spiro atoms. The van der Waals surface area contributed by atoms with Crippen LogP contribution in [0.1, 0.15) is 31.4 Å². The van der Waals surface area contributed by atoms with Crippen molar-refractivity contribution in [2.24, 2.45) is 0 Å². The van der Waals surface area contributed by atoms with E-state index in [0.29, 0.717) is 6.04 Å². The summed E-state index contributed by atoms with van der Waals surface area (Å²) < 4.78 is 13.5. The van der Waals surface area contributed by atoms with Gasteiger partial charge in [0.25, 0.3) is 0 Å². The lowest BCUT2D eigenvalue weighted by atomic mass is 10.0. The molecule has 0 aliphatic carbocycles. The van der Waals surface area contributed by atoms with E-state index in [0.717, 1.165) is 18.7 Å². The van der Waals surface area contributed by atoms with E-state index in [2.05, 4.69) is 10.6 Å². The maximum Gasteiger partial charge on any atom is 0.127 e. The molecule has 0 aromatic heterocycles. The summed E-state index contributed by atoms with van der Waals surface area (Å²) >= 11 is 0. The quantitative estimate of drug-likeness (QED) is 0.819. The fourth-order valence-electron chi connectivity index (χ4n) is 2.26. The fourth-order valence-corrected chi connectivity index (χ4v) is 2.26. The number of benzene rings is 1. The second-order valence-corrected chi connectivity index (χ2v) is 4.45. The van der Waals surface area contributed by atoms with Gasteiger partial charge in [0.2, 0.25) is 0 Å². The molecule has 1 heterocycles. The van der Waals surface area contributed by atoms with Crippen LogP contribution >= 0.6 is 0 Å². The predicted molar refractivity (Wildman–Crippen MR) is 63.8 cm³/mol. The van der Waals surface area contributed by atoms with Gasteiger partial charge in [0.15, 0.2) is 0 Å². The van der Waals surface area contributed by atoms with Crippen LogP contribution in [0, 0.1) is 5.82 Å². The smallest absolute Gasteiger partial charge is 0.127 e. The van der Waals surface area contributed by atoms with Gasteiger partial charge in [-0.2, -0.15) is 0 Å². The van der Waals surface area contributed by atoms with Crippen LogP contribution in [0.5, 0.6) is 0 Å². The molecule has 0 amide bonds. The van der Waals surface area contributed by atoms with Gasteiger partial charge in [0.05, 0.1) is 0 Å². The largest absolute Gasteiger partial charge is 0.315 e. The molecule has 2 nitrogen and oxygen atoms in total. The van der Waals surface area contributed by atoms with Gasteiger partial charge in [-0.15, -0.1) is 0 Å². The lowest BCUT2D eigenvalue weighted by molar-refractivity contribution is 0.358. The van der Waals surface area contributed by atoms with Crippen molar-refractivity contribution in [1.29, 1.82) is 0 Å². The topological polar surface area (TPSA) is 24.1 Å². The average Bonchev–Trinajstić information content (AvgIpc) is 2.31. The van der Waals surface area contributed by atoms with Gasteiger partial charge in [0.1, 0.15) is 5.82 Å². The molecule has 1 aromatic carbocycles. The van der Waals surface area contributed by atoms with Gasteiger partial charge < -0.3 is 10.6 Å². The molecule has 1 saturated heterocycles. The molecule has 16 heavy (non-hydrogen) atoms. The van der Waals surface area contributed by atoms with Gasteiger partial charge in [-0.3, -0.25) is 0 Å². The number of piperidine rings is 1. The predicted octanol–water partition coefficient (Wildman–Crippen LogP) is 2.23. The van der Waals surface area contributed by atoms with E-state index in [4.69, 9.17) is 0 Å². The van der Waals surface area contributed by atoms with Gasteiger partial charge in [-0.25, -0.2) is 4.39 Å². The Labute approximate surface area is 96.2 Å². The van der Waals surface area contributed by atoms with E-state index in [9.17, 15) is 4.39 Å². The monoisotopic (exact) mass is 222 g/mol. The Balaban J connectivity index is 1.96. The molecule has 0 radical (unpaired) electrons. The first-order chi connectivity index (χ1) is 7.77. The third-order valence-electron chi connectivity index (χ3n) is 3.15. The number of halogens is 1. The summed E-state index contributed by atoms with van der Waals surface area (Å²) in [6.07, 6.45) is 2.37. The SMILES string of the molecule is CC(NC1CCCNC1)c1ccccc1F. The minimum Gasteiger partial charge on any atom is -0.315 e. The highest BCUT2D eigenvalue weighted by molar-refractivity contribution is 5.20. The highest BCUT2D eigenvalue weighted by atomic mass is 19.1. The Morgan fingerprint density at radius 1 is 1.44 bits per heavy atom. The van der Waals surface area contributed by atoms with Crippen molar-refractivity contribution in [3.63, 3.8) is 0 Å². The first-order valence-corrected chi connectivity index (χ1v) is 5.98. The lowest BCUT2D eigenvalue weighted by Gasteiger charge is -2.27. The van der Waals surface area contributed by atoms with Crippen LogP contribution in [-0.4, -0.2) is 19.1 Å². The van der Waals surface area contributed by atoms with Crippen molar-refractivity contribution in [2.45, 2.75) is 31.8 Å². The zero-order chi connectivity index (χ0) is 11.4. The molecular weight excluding hydrogens is 203 g/mol. The average molecular weight is 222 g/mol. The minimum atomic E-state index is -0.119. The van der Waals surface area contributed by atoms with E-state index in [1.165, 1.54) is 18.9 Å². The summed E-state index contributed by atoms with van der Waals surface area (Å²) in [4.78, 5) is 0. The number of hydrogen-bond acceptors (Lipinski definition) is 2. The Bertz CT molecular complexity index is 334. The minimum absolute atomic E-state index is 0.0751. The summed E-state index contributed by atoms with van der Waals surface area (Å²) in [7, 11) is 0. The van der Waals surface area contributed by atoms with Crippen LogP contribution in [0.15, 0.2) is 24.3 Å². The molecule has 2 rings (SSSR count). The van der Waals surface area contributed by atoms with Crippen molar-refractivity contribution in [2.75, 3.05) is 13.1 Å². The normalized spacial score (nSPS) is 23.0. The molecule has 2 unspecified atom stereocenters. The highest BCUT2D eigenvalue weighted by Gasteiger charge is 2.17. The maximum absolute atomic E-state index is 13.5. The molecule has 1 aliphatic heterocycles. The van der Waals surface area contributed by atoms with Gasteiger partial charge >= 0.3 is 0 Å². The van der Waals surface area contributed by atoms with Gasteiger partial charge in [-0.05, 0) is 32.4 Å². The molecule has 0 saturated carbocycles. The first kappa shape index (κ1) is 11.6. The Morgan fingerprint density at radius 2 is 2.25 bits per heavy atom. The second-order valence-electron chi connectivity index (χ2n) is 4.45. The summed E-state index contributed by atoms with van der Waals surface area (Å²) in [5, 5.41) is 6.82. The van der Waals surface area contributed by atoms with E-state index in [1.807, 2.05) is 19.1 Å². The zero-order valence-electron chi connectivity index (χ0n) is 9.67. The van der Waals surface area contributed by atoms with Crippen LogP contribution < -0.4 is 10.6 Å². The van der Waals surface area contributed by atoms with E-state index < -0.39 is 0 Å². The van der Waals surface area contributed by atoms with Crippen molar-refractivity contribution >= 4 is 0 Å². The Morgan fingerprint density at radius 3 is 2.94 bits per heavy atom. The van der Waals surface area contributed by atoms with E-state index in [1.54, 1.807) is 6.07 Å². The van der Waals surface area contributed by atoms with E-state index in [-0.39, 0.29) is 11.9 Å². The molecule has 1 aliphatic rings. The summed E-state index contributed by atoms with van der Waals surface area (Å²) in [6.45, 7) is 4.11. The molecule has 1 aromatic rings. The standard InChI is InChI=1S/C13H19FN2/c1-10(12-6-2-3-7-13(12)14)16-11-5-4-8-15-9-11/h2-3,6-7,10-11,15-16H,4-5,8-9H2,1H3. The third-order valence-corrected chi connectivity index (χ3v) is 3.15. The molecular formula is C13H19FN2. The highest BCUT2D eigenvalue weighted by Crippen LogP contribution is 2.17. The molecule has 2 atom stereocenters.